The minimum absolute atomic E-state index is 0.00171. The van der Waals surface area contributed by atoms with Gasteiger partial charge in [-0.2, -0.15) is 0 Å². The number of carbonyl (C=O) groups excluding carboxylic acids is 1. The summed E-state index contributed by atoms with van der Waals surface area (Å²) in [4.78, 5) is 24.2. The van der Waals surface area contributed by atoms with Crippen LogP contribution in [0.4, 0.5) is 0 Å². The van der Waals surface area contributed by atoms with Crippen LogP contribution in [0.15, 0.2) is 0 Å². The molecule has 5 heteroatoms. The van der Waals surface area contributed by atoms with Crippen LogP contribution in [0.5, 0.6) is 0 Å². The second kappa shape index (κ2) is 7.36. The van der Waals surface area contributed by atoms with Crippen LogP contribution >= 0.6 is 0 Å². The van der Waals surface area contributed by atoms with E-state index >= 15 is 0 Å². The first-order chi connectivity index (χ1) is 8.50. The van der Waals surface area contributed by atoms with Gasteiger partial charge in [0.15, 0.2) is 0 Å². The van der Waals surface area contributed by atoms with E-state index < -0.39 is 5.97 Å². The van der Waals surface area contributed by atoms with E-state index in [4.69, 9.17) is 5.11 Å². The Kier molecular flexibility index (Phi) is 6.12. The highest BCUT2D eigenvalue weighted by atomic mass is 16.4. The maximum absolute atomic E-state index is 12.0. The van der Waals surface area contributed by atoms with Crippen LogP contribution < -0.4 is 5.32 Å². The predicted molar refractivity (Wildman–Crippen MR) is 69.4 cm³/mol. The lowest BCUT2D eigenvalue weighted by Crippen LogP contribution is -2.45. The number of aliphatic carboxylic acids is 1. The summed E-state index contributed by atoms with van der Waals surface area (Å²) in [6.45, 7) is 4.44. The Morgan fingerprint density at radius 1 is 1.33 bits per heavy atom. The van der Waals surface area contributed by atoms with Gasteiger partial charge in [-0.15, -0.1) is 0 Å². The fraction of sp³-hybridized carbons (Fsp3) is 0.846. The number of hydrogen-bond acceptors (Lipinski definition) is 3. The van der Waals surface area contributed by atoms with Crippen molar-refractivity contribution < 1.29 is 14.7 Å². The number of nitrogens with one attached hydrogen (secondary N) is 1. The van der Waals surface area contributed by atoms with Crippen LogP contribution in [-0.2, 0) is 9.59 Å². The number of hydrogen-bond donors (Lipinski definition) is 2. The summed E-state index contributed by atoms with van der Waals surface area (Å²) >= 11 is 0. The molecule has 1 amide bonds. The molecule has 104 valence electrons. The van der Waals surface area contributed by atoms with Crippen LogP contribution in [-0.4, -0.2) is 47.1 Å². The summed E-state index contributed by atoms with van der Waals surface area (Å²) in [5.41, 5.74) is 0. The Hall–Kier alpha value is -1.10. The largest absolute Gasteiger partial charge is 0.481 e. The number of carboxylic acids is 1. The zero-order valence-corrected chi connectivity index (χ0v) is 11.3. The molecule has 0 atom stereocenters. The monoisotopic (exact) mass is 256 g/mol. The topological polar surface area (TPSA) is 69.6 Å². The van der Waals surface area contributed by atoms with Crippen molar-refractivity contribution in [3.63, 3.8) is 0 Å². The second-order valence-electron chi connectivity index (χ2n) is 5.19. The molecule has 0 saturated heterocycles. The highest BCUT2D eigenvalue weighted by Crippen LogP contribution is 2.17. The summed E-state index contributed by atoms with van der Waals surface area (Å²) < 4.78 is 0. The zero-order chi connectivity index (χ0) is 13.5. The highest BCUT2D eigenvalue weighted by molar-refractivity contribution is 5.79. The normalized spacial score (nSPS) is 16.2. The van der Waals surface area contributed by atoms with Crippen molar-refractivity contribution >= 4 is 11.9 Å². The first-order valence-corrected chi connectivity index (χ1v) is 6.75. The van der Waals surface area contributed by atoms with Crippen molar-refractivity contribution in [3.05, 3.63) is 0 Å². The fourth-order valence-electron chi connectivity index (χ4n) is 2.35. The lowest BCUT2D eigenvalue weighted by atomic mass is 10.2. The van der Waals surface area contributed by atoms with Crippen molar-refractivity contribution in [1.82, 2.24) is 10.2 Å². The van der Waals surface area contributed by atoms with Crippen LogP contribution in [0.3, 0.4) is 0 Å². The molecule has 0 heterocycles. The molecule has 2 N–H and O–H groups in total. The molecule has 1 aliphatic rings. The van der Waals surface area contributed by atoms with Crippen molar-refractivity contribution in [2.45, 2.75) is 58.0 Å². The SMILES string of the molecule is CC(C)N(CCC(=O)O)C(=O)CNC1CCCC1. The molecule has 0 aromatic rings. The van der Waals surface area contributed by atoms with Crippen molar-refractivity contribution in [1.29, 1.82) is 0 Å². The van der Waals surface area contributed by atoms with Gasteiger partial charge in [0.25, 0.3) is 0 Å². The van der Waals surface area contributed by atoms with Gasteiger partial charge in [-0.3, -0.25) is 9.59 Å². The number of amides is 1. The molecular weight excluding hydrogens is 232 g/mol. The Bertz CT molecular complexity index is 286. The second-order valence-corrected chi connectivity index (χ2v) is 5.19. The van der Waals surface area contributed by atoms with Gasteiger partial charge in [0.2, 0.25) is 5.91 Å². The minimum atomic E-state index is -0.864. The van der Waals surface area contributed by atoms with Crippen molar-refractivity contribution in [2.24, 2.45) is 0 Å². The van der Waals surface area contributed by atoms with Crippen LogP contribution in [0.25, 0.3) is 0 Å². The smallest absolute Gasteiger partial charge is 0.305 e. The Morgan fingerprint density at radius 3 is 2.44 bits per heavy atom. The quantitative estimate of drug-likeness (QED) is 0.719. The maximum Gasteiger partial charge on any atom is 0.305 e. The molecule has 1 fully saturated rings. The van der Waals surface area contributed by atoms with Crippen LogP contribution in [0, 0.1) is 0 Å². The zero-order valence-electron chi connectivity index (χ0n) is 11.3. The molecule has 5 nitrogen and oxygen atoms in total. The number of carbonyl (C=O) groups is 2. The van der Waals surface area contributed by atoms with Crippen molar-refractivity contribution in [3.8, 4) is 0 Å². The first kappa shape index (κ1) is 15.0. The highest BCUT2D eigenvalue weighted by Gasteiger charge is 2.20. The molecule has 0 unspecified atom stereocenters. The third-order valence-electron chi connectivity index (χ3n) is 3.41. The summed E-state index contributed by atoms with van der Waals surface area (Å²) in [6.07, 6.45) is 4.76. The van der Waals surface area contributed by atoms with Gasteiger partial charge < -0.3 is 15.3 Å². The van der Waals surface area contributed by atoms with Gasteiger partial charge in [0.05, 0.1) is 13.0 Å². The number of rotatable bonds is 7. The lowest BCUT2D eigenvalue weighted by Gasteiger charge is -2.27. The molecule has 1 aliphatic carbocycles. The fourth-order valence-corrected chi connectivity index (χ4v) is 2.35. The van der Waals surface area contributed by atoms with E-state index in [9.17, 15) is 9.59 Å². The molecule has 0 spiro atoms. The van der Waals surface area contributed by atoms with Crippen LogP contribution in [0.2, 0.25) is 0 Å². The van der Waals surface area contributed by atoms with E-state index in [-0.39, 0.29) is 24.9 Å². The summed E-state index contributed by atoms with van der Waals surface area (Å²) in [7, 11) is 0. The van der Waals surface area contributed by atoms with Gasteiger partial charge in [-0.25, -0.2) is 0 Å². The van der Waals surface area contributed by atoms with Gasteiger partial charge in [-0.1, -0.05) is 12.8 Å². The van der Waals surface area contributed by atoms with E-state index in [1.54, 1.807) is 4.90 Å². The Morgan fingerprint density at radius 2 is 1.94 bits per heavy atom. The minimum Gasteiger partial charge on any atom is -0.481 e. The molecule has 0 bridgehead atoms. The van der Waals surface area contributed by atoms with Gasteiger partial charge >= 0.3 is 5.97 Å². The van der Waals surface area contributed by atoms with E-state index in [0.29, 0.717) is 12.6 Å². The molecule has 18 heavy (non-hydrogen) atoms. The van der Waals surface area contributed by atoms with E-state index in [1.807, 2.05) is 13.8 Å². The molecule has 0 aliphatic heterocycles. The summed E-state index contributed by atoms with van der Waals surface area (Å²) in [5.74, 6) is -0.865. The average molecular weight is 256 g/mol. The molecule has 0 aromatic carbocycles. The summed E-state index contributed by atoms with van der Waals surface area (Å²) in [5, 5.41) is 11.9. The van der Waals surface area contributed by atoms with E-state index in [0.717, 1.165) is 12.8 Å². The summed E-state index contributed by atoms with van der Waals surface area (Å²) in [6, 6.07) is 0.504. The molecular formula is C13H24N2O3. The molecule has 1 rings (SSSR count). The molecule has 0 aromatic heterocycles. The van der Waals surface area contributed by atoms with Gasteiger partial charge in [0.1, 0.15) is 0 Å². The van der Waals surface area contributed by atoms with Gasteiger partial charge in [0, 0.05) is 18.6 Å². The average Bonchev–Trinajstić information content (AvgIpc) is 2.78. The number of nitrogens with zero attached hydrogens (tertiary/aromatic N) is 1. The van der Waals surface area contributed by atoms with E-state index in [2.05, 4.69) is 5.32 Å². The Labute approximate surface area is 109 Å². The Balaban J connectivity index is 2.35. The van der Waals surface area contributed by atoms with Crippen LogP contribution in [0.1, 0.15) is 46.0 Å². The molecule has 0 radical (unpaired) electrons. The lowest BCUT2D eigenvalue weighted by molar-refractivity contribution is -0.138. The first-order valence-electron chi connectivity index (χ1n) is 6.75. The molecule has 1 saturated carbocycles. The third kappa shape index (κ3) is 5.04. The third-order valence-corrected chi connectivity index (χ3v) is 3.41. The number of carboxylic acid groups (broad SMARTS) is 1. The predicted octanol–water partition coefficient (Wildman–Crippen LogP) is 1.23. The van der Waals surface area contributed by atoms with E-state index in [1.165, 1.54) is 12.8 Å². The van der Waals surface area contributed by atoms with Crippen molar-refractivity contribution in [2.75, 3.05) is 13.1 Å². The maximum atomic E-state index is 12.0. The van der Waals surface area contributed by atoms with Gasteiger partial charge in [-0.05, 0) is 26.7 Å². The standard InChI is InChI=1S/C13H24N2O3/c1-10(2)15(8-7-13(17)18)12(16)9-14-11-5-3-4-6-11/h10-11,14H,3-9H2,1-2H3,(H,17,18).